The summed E-state index contributed by atoms with van der Waals surface area (Å²) >= 11 is 1.46. The maximum absolute atomic E-state index is 14.5. The van der Waals surface area contributed by atoms with Gasteiger partial charge in [-0.3, -0.25) is 9.59 Å². The zero-order valence-electron chi connectivity index (χ0n) is 28.6. The summed E-state index contributed by atoms with van der Waals surface area (Å²) in [5, 5.41) is 17.4. The van der Waals surface area contributed by atoms with E-state index in [2.05, 4.69) is 17.2 Å². The minimum absolute atomic E-state index is 0.0278. The number of carboxylic acid groups (broad SMARTS) is 1. The summed E-state index contributed by atoms with van der Waals surface area (Å²) in [4.78, 5) is 65.6. The van der Waals surface area contributed by atoms with Crippen molar-refractivity contribution >= 4 is 46.2 Å². The Morgan fingerprint density at radius 2 is 1.88 bits per heavy atom. The Bertz CT molecular complexity index is 1790. The molecule has 50 heavy (non-hydrogen) atoms. The summed E-state index contributed by atoms with van der Waals surface area (Å²) in [7, 11) is 1.57. The molecule has 2 aromatic heterocycles. The van der Waals surface area contributed by atoms with Crippen molar-refractivity contribution in [3.05, 3.63) is 48.4 Å². The summed E-state index contributed by atoms with van der Waals surface area (Å²) in [5.41, 5.74) is -0.616. The Labute approximate surface area is 294 Å². The molecule has 0 spiro atoms. The third-order valence-electron chi connectivity index (χ3n) is 9.70. The summed E-state index contributed by atoms with van der Waals surface area (Å²) in [6.45, 7) is 9.13. The van der Waals surface area contributed by atoms with Crippen LogP contribution in [-0.4, -0.2) is 87.3 Å². The number of alkyl carbamates (subject to hydrolysis) is 1. The molecule has 1 saturated heterocycles. The van der Waals surface area contributed by atoms with Crippen LogP contribution in [-0.2, 0) is 19.1 Å². The number of hydrogen-bond donors (Lipinski definition) is 3. The average Bonchev–Trinajstić information content (AvgIpc) is 3.56. The van der Waals surface area contributed by atoms with Crippen molar-refractivity contribution in [3.63, 3.8) is 0 Å². The maximum atomic E-state index is 14.5. The highest BCUT2D eigenvalue weighted by Crippen LogP contribution is 2.45. The standard InChI is InChI=1S/C36H43N5O8S/c1-6-20-18-36(20,33(44)45)40-30(42)26-17-23(19-41(26)32(43)29(35(2,3)4)39-34(46)49-21-10-7-8-11-21)48-31-28(27-12-9-15-50-27)37-25-16-22(47-5)13-14-24(25)38-31/h6,9,12-16,20-21,23,26,29H,1,7-8,10-11,17-19H2,2-5H3,(H,39,46)(H,40,42)(H,44,45)/t20-,23-,26+,29-,36?/m1/s1. The number of nitrogens with zero attached hydrogens (tertiary/aromatic N) is 3. The van der Waals surface area contributed by atoms with Gasteiger partial charge in [0.25, 0.3) is 0 Å². The quantitative estimate of drug-likeness (QED) is 0.232. The number of fused-ring (bicyclic) bond motifs is 1. The number of nitrogens with one attached hydrogen (secondary N) is 2. The molecule has 6 rings (SSSR count). The number of aliphatic carboxylic acids is 1. The summed E-state index contributed by atoms with van der Waals surface area (Å²) in [6.07, 6.45) is 3.60. The van der Waals surface area contributed by atoms with Crippen molar-refractivity contribution in [3.8, 4) is 22.2 Å². The van der Waals surface area contributed by atoms with E-state index in [0.717, 1.165) is 30.6 Å². The first-order chi connectivity index (χ1) is 23.8. The number of carbonyl (C=O) groups excluding carboxylic acids is 3. The van der Waals surface area contributed by atoms with E-state index in [9.17, 15) is 24.3 Å². The monoisotopic (exact) mass is 705 g/mol. The number of thiophene rings is 1. The van der Waals surface area contributed by atoms with Crippen molar-refractivity contribution in [1.29, 1.82) is 0 Å². The van der Waals surface area contributed by atoms with Gasteiger partial charge < -0.3 is 34.9 Å². The van der Waals surface area contributed by atoms with Gasteiger partial charge in [-0.2, -0.15) is 0 Å². The predicted octanol–water partition coefficient (Wildman–Crippen LogP) is 4.94. The first-order valence-electron chi connectivity index (χ1n) is 16.8. The normalized spacial score (nSPS) is 24.0. The van der Waals surface area contributed by atoms with Crippen LogP contribution in [0.15, 0.2) is 48.4 Å². The second-order valence-electron chi connectivity index (χ2n) is 14.3. The van der Waals surface area contributed by atoms with Crippen LogP contribution in [0, 0.1) is 11.3 Å². The maximum Gasteiger partial charge on any atom is 0.408 e. The first-order valence-corrected chi connectivity index (χ1v) is 17.7. The number of hydrogen-bond acceptors (Lipinski definition) is 10. The molecule has 14 heteroatoms. The molecule has 3 amide bonds. The smallest absolute Gasteiger partial charge is 0.408 e. The molecule has 266 valence electrons. The van der Waals surface area contributed by atoms with Crippen LogP contribution in [0.2, 0.25) is 0 Å². The fraction of sp³-hybridized carbons (Fsp3) is 0.500. The number of carboxylic acids is 1. The van der Waals surface area contributed by atoms with Gasteiger partial charge in [-0.05, 0) is 61.1 Å². The third kappa shape index (κ3) is 7.11. The van der Waals surface area contributed by atoms with Gasteiger partial charge in [-0.1, -0.05) is 32.9 Å². The predicted molar refractivity (Wildman–Crippen MR) is 186 cm³/mol. The summed E-state index contributed by atoms with van der Waals surface area (Å²) in [5.74, 6) is -1.91. The molecule has 1 aliphatic heterocycles. The molecule has 1 aromatic carbocycles. The Morgan fingerprint density at radius 3 is 2.50 bits per heavy atom. The molecule has 0 radical (unpaired) electrons. The Balaban J connectivity index is 1.31. The third-order valence-corrected chi connectivity index (χ3v) is 10.6. The second kappa shape index (κ2) is 13.9. The summed E-state index contributed by atoms with van der Waals surface area (Å²) in [6, 6.07) is 6.95. The Hall–Kier alpha value is -4.72. The van der Waals surface area contributed by atoms with E-state index >= 15 is 0 Å². The van der Waals surface area contributed by atoms with Crippen molar-refractivity contribution in [2.75, 3.05) is 13.7 Å². The number of likely N-dealkylation sites (tertiary alicyclic amines) is 1. The lowest BCUT2D eigenvalue weighted by Crippen LogP contribution is -2.59. The highest BCUT2D eigenvalue weighted by Gasteiger charge is 2.61. The van der Waals surface area contributed by atoms with E-state index in [1.165, 1.54) is 22.3 Å². The molecular formula is C36H43N5O8S. The zero-order chi connectivity index (χ0) is 35.8. The lowest BCUT2D eigenvalue weighted by molar-refractivity contribution is -0.146. The second-order valence-corrected chi connectivity index (χ2v) is 15.2. The van der Waals surface area contributed by atoms with Gasteiger partial charge >= 0.3 is 12.1 Å². The van der Waals surface area contributed by atoms with E-state index in [0.29, 0.717) is 22.5 Å². The molecule has 3 aromatic rings. The molecule has 5 atom stereocenters. The molecular weight excluding hydrogens is 662 g/mol. The molecule has 3 N–H and O–H groups in total. The summed E-state index contributed by atoms with van der Waals surface area (Å²) < 4.78 is 17.5. The number of methoxy groups -OCH3 is 1. The van der Waals surface area contributed by atoms with Gasteiger partial charge in [-0.15, -0.1) is 17.9 Å². The number of amides is 3. The van der Waals surface area contributed by atoms with Gasteiger partial charge in [0, 0.05) is 18.4 Å². The average molecular weight is 706 g/mol. The highest BCUT2D eigenvalue weighted by molar-refractivity contribution is 7.13. The number of ether oxygens (including phenoxy) is 3. The fourth-order valence-electron chi connectivity index (χ4n) is 6.78. The van der Waals surface area contributed by atoms with Crippen molar-refractivity contribution < 1.29 is 38.5 Å². The minimum atomic E-state index is -1.50. The molecule has 3 heterocycles. The van der Waals surface area contributed by atoms with Crippen LogP contribution in [0.3, 0.4) is 0 Å². The van der Waals surface area contributed by atoms with Gasteiger partial charge in [0.1, 0.15) is 41.3 Å². The topological polar surface area (TPSA) is 169 Å². The fourth-order valence-corrected chi connectivity index (χ4v) is 7.48. The van der Waals surface area contributed by atoms with Crippen molar-refractivity contribution in [2.24, 2.45) is 11.3 Å². The van der Waals surface area contributed by atoms with Crippen molar-refractivity contribution in [2.45, 2.75) is 89.1 Å². The molecule has 2 aliphatic carbocycles. The Kier molecular flexibility index (Phi) is 9.75. The SMILES string of the molecule is C=C[C@@H]1CC1(NC(=O)[C@@H]1C[C@@H](Oc2nc3ccc(OC)cc3nc2-c2cccs2)CN1C(=O)[C@@H](NC(=O)OC1CCCC1)C(C)(C)C)C(=O)O. The highest BCUT2D eigenvalue weighted by atomic mass is 32.1. The molecule has 2 saturated carbocycles. The van der Waals surface area contributed by atoms with Crippen LogP contribution in [0.4, 0.5) is 4.79 Å². The number of benzene rings is 1. The lowest BCUT2D eigenvalue weighted by Gasteiger charge is -2.35. The van der Waals surface area contributed by atoms with Gasteiger partial charge in [0.15, 0.2) is 0 Å². The lowest BCUT2D eigenvalue weighted by atomic mass is 9.85. The number of aromatic nitrogens is 2. The largest absolute Gasteiger partial charge is 0.497 e. The van der Waals surface area contributed by atoms with Crippen LogP contribution < -0.4 is 20.1 Å². The zero-order valence-corrected chi connectivity index (χ0v) is 29.5. The number of carbonyl (C=O) groups is 4. The van der Waals surface area contributed by atoms with Crippen LogP contribution in [0.1, 0.15) is 59.3 Å². The van der Waals surface area contributed by atoms with Gasteiger partial charge in [0.2, 0.25) is 17.7 Å². The molecule has 3 aliphatic rings. The minimum Gasteiger partial charge on any atom is -0.497 e. The molecule has 13 nitrogen and oxygen atoms in total. The van der Waals surface area contributed by atoms with Gasteiger partial charge in [0.05, 0.1) is 29.6 Å². The van der Waals surface area contributed by atoms with E-state index in [1.54, 1.807) is 25.3 Å². The van der Waals surface area contributed by atoms with E-state index in [4.69, 9.17) is 24.2 Å². The van der Waals surface area contributed by atoms with Crippen LogP contribution >= 0.6 is 11.3 Å². The Morgan fingerprint density at radius 1 is 1.12 bits per heavy atom. The van der Waals surface area contributed by atoms with Crippen LogP contribution in [0.25, 0.3) is 21.6 Å². The van der Waals surface area contributed by atoms with Crippen LogP contribution in [0.5, 0.6) is 11.6 Å². The van der Waals surface area contributed by atoms with E-state index < -0.39 is 58.9 Å². The number of rotatable bonds is 11. The van der Waals surface area contributed by atoms with Crippen molar-refractivity contribution in [1.82, 2.24) is 25.5 Å². The van der Waals surface area contributed by atoms with E-state index in [-0.39, 0.29) is 31.4 Å². The van der Waals surface area contributed by atoms with Gasteiger partial charge in [-0.25, -0.2) is 19.6 Å². The van der Waals surface area contributed by atoms with E-state index in [1.807, 2.05) is 38.3 Å². The first kappa shape index (κ1) is 35.1. The molecule has 1 unspecified atom stereocenters. The molecule has 3 fully saturated rings. The molecule has 0 bridgehead atoms.